The van der Waals surface area contributed by atoms with Gasteiger partial charge in [-0.05, 0) is 30.5 Å². The molecule has 1 saturated heterocycles. The van der Waals surface area contributed by atoms with Gasteiger partial charge in [-0.25, -0.2) is 4.99 Å². The van der Waals surface area contributed by atoms with Crippen LogP contribution in [0.1, 0.15) is 30.0 Å². The molecule has 2 aliphatic heterocycles. The van der Waals surface area contributed by atoms with Crippen LogP contribution in [0, 0.1) is 5.92 Å². The molecule has 1 unspecified atom stereocenters. The number of halogens is 6. The van der Waals surface area contributed by atoms with E-state index in [2.05, 4.69) is 4.99 Å². The molecular formula is C21H21F6N3O2. The number of amides is 1. The third-order valence-corrected chi connectivity index (χ3v) is 5.05. The number of aliphatic hydroxyl groups excluding tert-OH is 1. The van der Waals surface area contributed by atoms with Gasteiger partial charge in [-0.3, -0.25) is 4.79 Å². The number of allylic oxidation sites excluding steroid dienone is 1. The number of rotatable bonds is 3. The summed E-state index contributed by atoms with van der Waals surface area (Å²) in [6, 6.07) is 1.36. The molecule has 2 aliphatic rings. The standard InChI is InChI=1S/C21H21F6N3O2/c1-13-2-3-18(14-6-15(20(22,23)24)8-16(7-14)21(25,26)27)28-12-29(9-13)5-4-19(32)30-10-17(31)11-30/h3-8,12-13,17,31H,2,9-11H2,1H3. The number of hydrogen-bond donors (Lipinski definition) is 1. The van der Waals surface area contributed by atoms with E-state index < -0.39 is 29.6 Å². The minimum Gasteiger partial charge on any atom is -0.389 e. The summed E-state index contributed by atoms with van der Waals surface area (Å²) in [4.78, 5) is 19.1. The molecule has 174 valence electrons. The van der Waals surface area contributed by atoms with E-state index in [0.29, 0.717) is 25.1 Å². The zero-order valence-electron chi connectivity index (χ0n) is 17.0. The van der Waals surface area contributed by atoms with Gasteiger partial charge in [0.1, 0.15) is 0 Å². The topological polar surface area (TPSA) is 56.1 Å². The molecule has 0 spiro atoms. The van der Waals surface area contributed by atoms with Crippen LogP contribution in [0.3, 0.4) is 0 Å². The highest BCUT2D eigenvalue weighted by Crippen LogP contribution is 2.38. The second-order valence-electron chi connectivity index (χ2n) is 7.88. The number of likely N-dealkylation sites (tertiary alicyclic amines) is 1. The molecule has 0 saturated carbocycles. The Morgan fingerprint density at radius 1 is 1.06 bits per heavy atom. The lowest BCUT2D eigenvalue weighted by Gasteiger charge is -2.35. The third kappa shape index (κ3) is 5.90. The van der Waals surface area contributed by atoms with E-state index in [9.17, 15) is 36.2 Å². The fraction of sp³-hybridized carbons (Fsp3) is 0.429. The molecule has 1 aromatic rings. The van der Waals surface area contributed by atoms with Gasteiger partial charge < -0.3 is 14.9 Å². The van der Waals surface area contributed by atoms with Gasteiger partial charge in [0.05, 0.1) is 29.3 Å². The molecule has 3 rings (SSSR count). The molecule has 11 heteroatoms. The SMILES string of the molecule is CC1CC=C(c2cc(C(F)(F)F)cc(C(F)(F)F)c2)N=CN(C=CC(=O)N2CC(O)C2)C1. The maximum Gasteiger partial charge on any atom is 0.416 e. The summed E-state index contributed by atoms with van der Waals surface area (Å²) in [5.74, 6) is -0.336. The largest absolute Gasteiger partial charge is 0.416 e. The summed E-state index contributed by atoms with van der Waals surface area (Å²) in [5.41, 5.74) is -3.14. The highest BCUT2D eigenvalue weighted by Gasteiger charge is 2.37. The molecule has 1 atom stereocenters. The van der Waals surface area contributed by atoms with Crippen molar-refractivity contribution in [3.63, 3.8) is 0 Å². The van der Waals surface area contributed by atoms with Crippen molar-refractivity contribution in [2.45, 2.75) is 31.8 Å². The minimum atomic E-state index is -4.95. The number of nitrogens with zero attached hydrogens (tertiary/aromatic N) is 3. The zero-order chi connectivity index (χ0) is 23.7. The number of carbonyl (C=O) groups excluding carboxylic acids is 1. The molecule has 32 heavy (non-hydrogen) atoms. The molecule has 0 aliphatic carbocycles. The average Bonchev–Trinajstić information content (AvgIpc) is 2.65. The van der Waals surface area contributed by atoms with Crippen LogP contribution in [0.5, 0.6) is 0 Å². The quantitative estimate of drug-likeness (QED) is 0.544. The van der Waals surface area contributed by atoms with Gasteiger partial charge >= 0.3 is 12.4 Å². The fourth-order valence-corrected chi connectivity index (χ4v) is 3.28. The Hall–Kier alpha value is -2.82. The highest BCUT2D eigenvalue weighted by molar-refractivity contribution is 5.88. The maximum atomic E-state index is 13.2. The van der Waals surface area contributed by atoms with Crippen molar-refractivity contribution in [3.8, 4) is 0 Å². The van der Waals surface area contributed by atoms with Gasteiger partial charge in [-0.15, -0.1) is 0 Å². The second kappa shape index (κ2) is 8.97. The number of alkyl halides is 6. The van der Waals surface area contributed by atoms with E-state index in [0.717, 1.165) is 0 Å². The normalized spacial score (nSPS) is 20.8. The molecule has 0 aromatic heterocycles. The first-order chi connectivity index (χ1) is 14.8. The lowest BCUT2D eigenvalue weighted by molar-refractivity contribution is -0.143. The number of benzene rings is 1. The van der Waals surface area contributed by atoms with Gasteiger partial charge in [0.2, 0.25) is 5.91 Å². The Labute approximate surface area is 180 Å². The van der Waals surface area contributed by atoms with Gasteiger partial charge in [0, 0.05) is 37.5 Å². The van der Waals surface area contributed by atoms with Crippen LogP contribution < -0.4 is 0 Å². The van der Waals surface area contributed by atoms with E-state index in [1.54, 1.807) is 4.90 Å². The number of aliphatic hydroxyl groups is 1. The van der Waals surface area contributed by atoms with Crippen molar-refractivity contribution in [2.75, 3.05) is 19.6 Å². The minimum absolute atomic E-state index is 0.0183. The third-order valence-electron chi connectivity index (χ3n) is 5.05. The summed E-state index contributed by atoms with van der Waals surface area (Å²) >= 11 is 0. The fourth-order valence-electron chi connectivity index (χ4n) is 3.28. The average molecular weight is 461 g/mol. The Morgan fingerprint density at radius 3 is 2.19 bits per heavy atom. The Bertz CT molecular complexity index is 914. The van der Waals surface area contributed by atoms with Crippen molar-refractivity contribution in [1.82, 2.24) is 9.80 Å². The molecule has 1 amide bonds. The Balaban J connectivity index is 1.88. The van der Waals surface area contributed by atoms with Crippen LogP contribution in [0.25, 0.3) is 5.70 Å². The molecule has 1 N–H and O–H groups in total. The zero-order valence-corrected chi connectivity index (χ0v) is 17.0. The first kappa shape index (κ1) is 23.8. The van der Waals surface area contributed by atoms with Crippen LogP contribution in [0.15, 0.2) is 41.5 Å². The lowest BCUT2D eigenvalue weighted by Crippen LogP contribution is -2.53. The smallest absolute Gasteiger partial charge is 0.389 e. The predicted octanol–water partition coefficient (Wildman–Crippen LogP) is 4.15. The van der Waals surface area contributed by atoms with Crippen LogP contribution >= 0.6 is 0 Å². The molecular weight excluding hydrogens is 440 g/mol. The summed E-state index contributed by atoms with van der Waals surface area (Å²) < 4.78 is 79.1. The van der Waals surface area contributed by atoms with Gasteiger partial charge in [0.25, 0.3) is 0 Å². The second-order valence-corrected chi connectivity index (χ2v) is 7.88. The number of β-amino-alcohol motifs (C(OH)–C–C–N with tert-alkyl or cyclic N) is 1. The molecule has 5 nitrogen and oxygen atoms in total. The number of hydrogen-bond acceptors (Lipinski definition) is 4. The molecule has 0 bridgehead atoms. The van der Waals surface area contributed by atoms with E-state index >= 15 is 0 Å². The van der Waals surface area contributed by atoms with Gasteiger partial charge in [0.15, 0.2) is 0 Å². The number of carbonyl (C=O) groups is 1. The summed E-state index contributed by atoms with van der Waals surface area (Å²) in [6.07, 6.45) is -4.58. The summed E-state index contributed by atoms with van der Waals surface area (Å²) in [7, 11) is 0. The molecule has 1 aromatic carbocycles. The lowest BCUT2D eigenvalue weighted by atomic mass is 10.00. The number of aliphatic imine (C=N–C) groups is 1. The van der Waals surface area contributed by atoms with Crippen LogP contribution in [0.2, 0.25) is 0 Å². The summed E-state index contributed by atoms with van der Waals surface area (Å²) in [5, 5.41) is 9.27. The van der Waals surface area contributed by atoms with Crippen LogP contribution in [0.4, 0.5) is 26.3 Å². The summed E-state index contributed by atoms with van der Waals surface area (Å²) in [6.45, 7) is 2.76. The first-order valence-electron chi connectivity index (χ1n) is 9.78. The van der Waals surface area contributed by atoms with Crippen molar-refractivity contribution in [1.29, 1.82) is 0 Å². The van der Waals surface area contributed by atoms with Crippen molar-refractivity contribution in [2.24, 2.45) is 10.9 Å². The van der Waals surface area contributed by atoms with Crippen LogP contribution in [-0.4, -0.2) is 52.9 Å². The first-order valence-corrected chi connectivity index (χ1v) is 9.78. The van der Waals surface area contributed by atoms with Crippen molar-refractivity contribution >= 4 is 17.9 Å². The van der Waals surface area contributed by atoms with E-state index in [-0.39, 0.29) is 42.2 Å². The van der Waals surface area contributed by atoms with E-state index in [4.69, 9.17) is 0 Å². The van der Waals surface area contributed by atoms with Gasteiger partial charge in [-0.2, -0.15) is 26.3 Å². The van der Waals surface area contributed by atoms with E-state index in [1.807, 2.05) is 6.92 Å². The van der Waals surface area contributed by atoms with Crippen molar-refractivity contribution in [3.05, 3.63) is 53.2 Å². The highest BCUT2D eigenvalue weighted by atomic mass is 19.4. The predicted molar refractivity (Wildman–Crippen MR) is 105 cm³/mol. The molecule has 1 fully saturated rings. The van der Waals surface area contributed by atoms with Gasteiger partial charge in [-0.1, -0.05) is 13.0 Å². The molecule has 2 heterocycles. The maximum absolute atomic E-state index is 13.2. The van der Waals surface area contributed by atoms with Crippen molar-refractivity contribution < 1.29 is 36.2 Å². The Morgan fingerprint density at radius 2 is 1.66 bits per heavy atom. The monoisotopic (exact) mass is 461 g/mol. The van der Waals surface area contributed by atoms with Crippen LogP contribution in [-0.2, 0) is 17.1 Å². The molecule has 0 radical (unpaired) electrons. The van der Waals surface area contributed by atoms with E-state index in [1.165, 1.54) is 29.6 Å². The Kier molecular flexibility index (Phi) is 6.68.